The molecule has 13 heteroatoms. The molecular formula is C28H33N9O4. The van der Waals surface area contributed by atoms with Crippen molar-refractivity contribution in [3.05, 3.63) is 48.0 Å². The topological polar surface area (TPSA) is 147 Å². The second kappa shape index (κ2) is 11.6. The number of nitrogens with zero attached hydrogens (tertiary/aromatic N) is 8. The molecule has 13 nitrogen and oxygen atoms in total. The lowest BCUT2D eigenvalue weighted by atomic mass is 10.2. The van der Waals surface area contributed by atoms with Gasteiger partial charge in [-0.3, -0.25) is 0 Å². The molecule has 6 rings (SSSR count). The third-order valence-corrected chi connectivity index (χ3v) is 7.64. The molecule has 4 heterocycles. The number of hydrogen-bond donors (Lipinski definition) is 1. The van der Waals surface area contributed by atoms with Crippen LogP contribution in [0.3, 0.4) is 0 Å². The van der Waals surface area contributed by atoms with Gasteiger partial charge in [-0.15, -0.1) is 0 Å². The molecule has 0 amide bonds. The summed E-state index contributed by atoms with van der Waals surface area (Å²) in [6.07, 6.45) is 7.24. The standard InChI is InChI=1S/C28H33N9O4/c1-35(28-30-15-19(16-31-28)27(38)41-29)17-22-32-23-25(36-11-13-40-14-12-36)33-24(18-7-9-21(39-2)10-8-18)34-26(23)37(22)20-5-3-4-6-20/h7-10,15-16,20H,3-6,11-14,17,29H2,1-2H3. The number of nitrogens with two attached hydrogens (primary N) is 1. The summed E-state index contributed by atoms with van der Waals surface area (Å²) in [6, 6.07) is 8.09. The number of ether oxygens (including phenoxy) is 2. The van der Waals surface area contributed by atoms with Crippen LogP contribution in [0.5, 0.6) is 5.75 Å². The van der Waals surface area contributed by atoms with Gasteiger partial charge in [0.05, 0.1) is 32.4 Å². The van der Waals surface area contributed by atoms with E-state index in [0.717, 1.165) is 72.9 Å². The Morgan fingerprint density at radius 3 is 2.44 bits per heavy atom. The maximum Gasteiger partial charge on any atom is 0.359 e. The van der Waals surface area contributed by atoms with Crippen LogP contribution in [0, 0.1) is 0 Å². The van der Waals surface area contributed by atoms with E-state index in [2.05, 4.69) is 24.3 Å². The van der Waals surface area contributed by atoms with Crippen molar-refractivity contribution in [2.45, 2.75) is 38.3 Å². The highest BCUT2D eigenvalue weighted by molar-refractivity contribution is 5.88. The number of anilines is 2. The van der Waals surface area contributed by atoms with Crippen molar-refractivity contribution in [2.24, 2.45) is 5.90 Å². The van der Waals surface area contributed by atoms with Crippen molar-refractivity contribution >= 4 is 28.9 Å². The number of carbonyl (C=O) groups excluding carboxylic acids is 1. The molecule has 0 bridgehead atoms. The number of fused-ring (bicyclic) bond motifs is 1. The van der Waals surface area contributed by atoms with Crippen LogP contribution in [0.25, 0.3) is 22.6 Å². The highest BCUT2D eigenvalue weighted by Gasteiger charge is 2.29. The Labute approximate surface area is 237 Å². The van der Waals surface area contributed by atoms with E-state index in [0.29, 0.717) is 31.5 Å². The first kappa shape index (κ1) is 26.8. The highest BCUT2D eigenvalue weighted by atomic mass is 16.7. The molecule has 41 heavy (non-hydrogen) atoms. The zero-order valence-electron chi connectivity index (χ0n) is 23.2. The van der Waals surface area contributed by atoms with Gasteiger partial charge in [0.25, 0.3) is 0 Å². The summed E-state index contributed by atoms with van der Waals surface area (Å²) in [4.78, 5) is 44.2. The van der Waals surface area contributed by atoms with Crippen LogP contribution in [-0.2, 0) is 16.1 Å². The molecule has 2 fully saturated rings. The molecule has 2 N–H and O–H groups in total. The summed E-state index contributed by atoms with van der Waals surface area (Å²) < 4.78 is 13.3. The molecule has 1 aliphatic carbocycles. The van der Waals surface area contributed by atoms with E-state index in [1.807, 2.05) is 36.2 Å². The molecule has 1 saturated carbocycles. The Balaban J connectivity index is 1.45. The molecule has 0 radical (unpaired) electrons. The first-order valence-corrected chi connectivity index (χ1v) is 13.8. The summed E-state index contributed by atoms with van der Waals surface area (Å²) in [5.74, 6) is 7.84. The molecular weight excluding hydrogens is 526 g/mol. The van der Waals surface area contributed by atoms with Gasteiger partial charge in [-0.25, -0.2) is 29.7 Å². The van der Waals surface area contributed by atoms with Gasteiger partial charge in [0.15, 0.2) is 22.8 Å². The quantitative estimate of drug-likeness (QED) is 0.317. The third kappa shape index (κ3) is 5.37. The maximum absolute atomic E-state index is 11.7. The molecule has 214 valence electrons. The molecule has 3 aromatic heterocycles. The van der Waals surface area contributed by atoms with Gasteiger partial charge in [-0.2, -0.15) is 5.90 Å². The maximum atomic E-state index is 11.7. The fraction of sp³-hybridized carbons (Fsp3) is 0.429. The monoisotopic (exact) mass is 559 g/mol. The second-order valence-electron chi connectivity index (χ2n) is 10.2. The fourth-order valence-corrected chi connectivity index (χ4v) is 5.50. The minimum atomic E-state index is -0.691. The van der Waals surface area contributed by atoms with Crippen molar-refractivity contribution < 1.29 is 19.1 Å². The summed E-state index contributed by atoms with van der Waals surface area (Å²) in [5.41, 5.74) is 2.69. The van der Waals surface area contributed by atoms with Crippen LogP contribution < -0.4 is 20.4 Å². The van der Waals surface area contributed by atoms with Crippen LogP contribution in [0.1, 0.15) is 47.9 Å². The van der Waals surface area contributed by atoms with Crippen molar-refractivity contribution in [1.29, 1.82) is 0 Å². The Morgan fingerprint density at radius 2 is 1.78 bits per heavy atom. The first-order valence-electron chi connectivity index (χ1n) is 13.8. The molecule has 0 unspecified atom stereocenters. The summed E-state index contributed by atoms with van der Waals surface area (Å²) in [5, 5.41) is 0. The number of hydrogen-bond acceptors (Lipinski definition) is 12. The molecule has 0 atom stereocenters. The van der Waals surface area contributed by atoms with E-state index in [1.165, 1.54) is 12.4 Å². The Kier molecular flexibility index (Phi) is 7.61. The minimum absolute atomic E-state index is 0.180. The lowest BCUT2D eigenvalue weighted by Gasteiger charge is -2.28. The highest BCUT2D eigenvalue weighted by Crippen LogP contribution is 2.37. The van der Waals surface area contributed by atoms with E-state index in [4.69, 9.17) is 30.3 Å². The van der Waals surface area contributed by atoms with E-state index in [-0.39, 0.29) is 11.6 Å². The van der Waals surface area contributed by atoms with Crippen LogP contribution >= 0.6 is 0 Å². The largest absolute Gasteiger partial charge is 0.497 e. The summed E-state index contributed by atoms with van der Waals surface area (Å²) >= 11 is 0. The molecule has 2 aliphatic rings. The zero-order valence-corrected chi connectivity index (χ0v) is 23.2. The Morgan fingerprint density at radius 1 is 1.07 bits per heavy atom. The van der Waals surface area contributed by atoms with Crippen LogP contribution in [-0.4, -0.2) is 75.9 Å². The molecule has 4 aromatic rings. The van der Waals surface area contributed by atoms with E-state index >= 15 is 0 Å². The molecule has 1 saturated heterocycles. The number of rotatable bonds is 8. The van der Waals surface area contributed by atoms with Gasteiger partial charge in [0.1, 0.15) is 11.6 Å². The van der Waals surface area contributed by atoms with Crippen molar-refractivity contribution in [3.63, 3.8) is 0 Å². The lowest BCUT2D eigenvalue weighted by molar-refractivity contribution is 0.0502. The summed E-state index contributed by atoms with van der Waals surface area (Å²) in [7, 11) is 3.55. The van der Waals surface area contributed by atoms with Gasteiger partial charge in [-0.1, -0.05) is 12.8 Å². The second-order valence-corrected chi connectivity index (χ2v) is 10.2. The predicted octanol–water partition coefficient (Wildman–Crippen LogP) is 2.91. The van der Waals surface area contributed by atoms with Crippen molar-refractivity contribution in [1.82, 2.24) is 29.5 Å². The zero-order chi connectivity index (χ0) is 28.3. The first-order chi connectivity index (χ1) is 20.1. The van der Waals surface area contributed by atoms with Crippen LogP contribution in [0.2, 0.25) is 0 Å². The smallest absolute Gasteiger partial charge is 0.359 e. The van der Waals surface area contributed by atoms with Gasteiger partial charge in [0.2, 0.25) is 5.95 Å². The number of aromatic nitrogens is 6. The van der Waals surface area contributed by atoms with Crippen molar-refractivity contribution in [2.75, 3.05) is 50.3 Å². The lowest BCUT2D eigenvalue weighted by Crippen LogP contribution is -2.37. The molecule has 1 aromatic carbocycles. The average Bonchev–Trinajstić information content (AvgIpc) is 3.68. The van der Waals surface area contributed by atoms with Gasteiger partial charge >= 0.3 is 5.97 Å². The number of carbonyl (C=O) groups is 1. The van der Waals surface area contributed by atoms with Crippen LogP contribution in [0.15, 0.2) is 36.7 Å². The van der Waals surface area contributed by atoms with E-state index in [9.17, 15) is 4.79 Å². The molecule has 1 aliphatic heterocycles. The van der Waals surface area contributed by atoms with Crippen molar-refractivity contribution in [3.8, 4) is 17.1 Å². The van der Waals surface area contributed by atoms with E-state index in [1.54, 1.807) is 7.11 Å². The number of benzene rings is 1. The normalized spacial score (nSPS) is 15.8. The Hall–Kier alpha value is -4.36. The summed E-state index contributed by atoms with van der Waals surface area (Å²) in [6.45, 7) is 3.16. The SMILES string of the molecule is COc1ccc(-c2nc(N3CCOCC3)c3nc(CN(C)c4ncc(C(=O)ON)cn4)n(C4CCCC4)c3n2)cc1. The molecule has 0 spiro atoms. The van der Waals surface area contributed by atoms with E-state index < -0.39 is 5.97 Å². The predicted molar refractivity (Wildman–Crippen MR) is 152 cm³/mol. The van der Waals surface area contributed by atoms with Crippen LogP contribution in [0.4, 0.5) is 11.8 Å². The fourth-order valence-electron chi connectivity index (χ4n) is 5.50. The van der Waals surface area contributed by atoms with Gasteiger partial charge in [0, 0.05) is 44.1 Å². The minimum Gasteiger partial charge on any atom is -0.497 e. The van der Waals surface area contributed by atoms with Gasteiger partial charge < -0.3 is 28.7 Å². The number of methoxy groups -OCH3 is 1. The van der Waals surface area contributed by atoms with Gasteiger partial charge in [-0.05, 0) is 37.1 Å². The average molecular weight is 560 g/mol. The number of morpholine rings is 1. The third-order valence-electron chi connectivity index (χ3n) is 7.64. The number of imidazole rings is 1. The Bertz CT molecular complexity index is 1510.